The maximum absolute atomic E-state index is 5.87. The number of fused-ring (bicyclic) bond motifs is 1. The molecule has 2 heterocycles. The second-order valence-electron chi connectivity index (χ2n) is 3.79. The number of nitrogens with zero attached hydrogens (tertiary/aromatic N) is 1. The lowest BCUT2D eigenvalue weighted by Gasteiger charge is -2.18. The number of hydrogen-bond acceptors (Lipinski definition) is 4. The normalized spacial score (nSPS) is 13.4. The maximum Gasteiger partial charge on any atom is 0.161 e. The Bertz CT molecular complexity index is 657. The molecular formula is C12H9ClN2O2S. The Hall–Kier alpha value is -1.59. The van der Waals surface area contributed by atoms with Crippen LogP contribution in [0.3, 0.4) is 0 Å². The third-order valence-corrected chi connectivity index (χ3v) is 3.13. The van der Waals surface area contributed by atoms with Crippen LogP contribution in [0.1, 0.15) is 0 Å². The lowest BCUT2D eigenvalue weighted by atomic mass is 10.1. The van der Waals surface area contributed by atoms with E-state index in [9.17, 15) is 0 Å². The van der Waals surface area contributed by atoms with Crippen molar-refractivity contribution in [3.8, 4) is 22.6 Å². The maximum atomic E-state index is 5.87. The highest BCUT2D eigenvalue weighted by Crippen LogP contribution is 2.34. The predicted molar refractivity (Wildman–Crippen MR) is 70.9 cm³/mol. The highest BCUT2D eigenvalue weighted by Gasteiger charge is 2.13. The van der Waals surface area contributed by atoms with Gasteiger partial charge in [-0.3, -0.25) is 5.10 Å². The number of aromatic nitrogens is 2. The van der Waals surface area contributed by atoms with Crippen LogP contribution >= 0.6 is 23.8 Å². The van der Waals surface area contributed by atoms with E-state index in [1.54, 1.807) is 6.07 Å². The second-order valence-corrected chi connectivity index (χ2v) is 4.59. The fourth-order valence-electron chi connectivity index (χ4n) is 1.81. The number of rotatable bonds is 1. The Balaban J connectivity index is 2.12. The van der Waals surface area contributed by atoms with Gasteiger partial charge < -0.3 is 9.47 Å². The first-order chi connectivity index (χ1) is 8.74. The summed E-state index contributed by atoms with van der Waals surface area (Å²) in [7, 11) is 0. The third kappa shape index (κ3) is 2.07. The Kier molecular flexibility index (Phi) is 2.93. The van der Waals surface area contributed by atoms with Crippen LogP contribution < -0.4 is 9.47 Å². The SMILES string of the molecule is S=c1[nH]nc(Cl)cc1-c1ccc2c(c1)OCCO2. The topological polar surface area (TPSA) is 47.1 Å². The number of benzene rings is 1. The molecule has 1 aromatic heterocycles. The smallest absolute Gasteiger partial charge is 0.161 e. The van der Waals surface area contributed by atoms with Crippen LogP contribution in [0.15, 0.2) is 24.3 Å². The van der Waals surface area contributed by atoms with Crippen molar-refractivity contribution in [1.82, 2.24) is 10.2 Å². The van der Waals surface area contributed by atoms with Crippen LogP contribution in [0, 0.1) is 4.64 Å². The van der Waals surface area contributed by atoms with Gasteiger partial charge in [0.25, 0.3) is 0 Å². The molecule has 92 valence electrons. The molecule has 2 aromatic rings. The summed E-state index contributed by atoms with van der Waals surface area (Å²) >= 11 is 11.1. The van der Waals surface area contributed by atoms with Crippen LogP contribution in [0.2, 0.25) is 5.15 Å². The number of ether oxygens (including phenoxy) is 2. The lowest BCUT2D eigenvalue weighted by molar-refractivity contribution is 0.171. The zero-order valence-electron chi connectivity index (χ0n) is 9.27. The molecule has 0 saturated carbocycles. The molecule has 0 bridgehead atoms. The molecular weight excluding hydrogens is 272 g/mol. The molecule has 1 N–H and O–H groups in total. The third-order valence-electron chi connectivity index (χ3n) is 2.63. The highest BCUT2D eigenvalue weighted by molar-refractivity contribution is 7.71. The van der Waals surface area contributed by atoms with E-state index < -0.39 is 0 Å². The quantitative estimate of drug-likeness (QED) is 0.815. The summed E-state index contributed by atoms with van der Waals surface area (Å²) in [5.74, 6) is 1.47. The molecule has 0 aliphatic carbocycles. The second kappa shape index (κ2) is 4.59. The van der Waals surface area contributed by atoms with Gasteiger partial charge in [-0.25, -0.2) is 0 Å². The number of halogens is 1. The van der Waals surface area contributed by atoms with E-state index in [-0.39, 0.29) is 0 Å². The highest BCUT2D eigenvalue weighted by atomic mass is 35.5. The van der Waals surface area contributed by atoms with Crippen LogP contribution in [0.25, 0.3) is 11.1 Å². The van der Waals surface area contributed by atoms with Crippen molar-refractivity contribution in [1.29, 1.82) is 0 Å². The van der Waals surface area contributed by atoms with E-state index in [0.29, 0.717) is 23.0 Å². The predicted octanol–water partition coefficient (Wildman–Crippen LogP) is 3.23. The van der Waals surface area contributed by atoms with Gasteiger partial charge in [-0.05, 0) is 23.8 Å². The van der Waals surface area contributed by atoms with Gasteiger partial charge in [0.2, 0.25) is 0 Å². The van der Waals surface area contributed by atoms with Gasteiger partial charge in [-0.1, -0.05) is 29.9 Å². The van der Waals surface area contributed by atoms with Crippen molar-refractivity contribution in [2.45, 2.75) is 0 Å². The van der Waals surface area contributed by atoms with Gasteiger partial charge in [0.05, 0.1) is 0 Å². The van der Waals surface area contributed by atoms with Gasteiger partial charge in [0, 0.05) is 5.56 Å². The molecule has 3 rings (SSSR count). The summed E-state index contributed by atoms with van der Waals surface area (Å²) in [4.78, 5) is 0. The number of aromatic amines is 1. The average Bonchev–Trinajstić information content (AvgIpc) is 2.41. The van der Waals surface area contributed by atoms with Gasteiger partial charge >= 0.3 is 0 Å². The molecule has 6 heteroatoms. The first-order valence-corrected chi connectivity index (χ1v) is 6.18. The fourth-order valence-corrected chi connectivity index (χ4v) is 2.18. The average molecular weight is 281 g/mol. The Morgan fingerprint density at radius 3 is 2.78 bits per heavy atom. The molecule has 0 atom stereocenters. The molecule has 18 heavy (non-hydrogen) atoms. The zero-order valence-corrected chi connectivity index (χ0v) is 10.8. The largest absolute Gasteiger partial charge is 0.486 e. The monoisotopic (exact) mass is 280 g/mol. The minimum Gasteiger partial charge on any atom is -0.486 e. The summed E-state index contributed by atoms with van der Waals surface area (Å²) in [5, 5.41) is 6.91. The van der Waals surface area contributed by atoms with Crippen LogP contribution in [-0.4, -0.2) is 23.4 Å². The number of hydrogen-bond donors (Lipinski definition) is 1. The van der Waals surface area contributed by atoms with E-state index in [4.69, 9.17) is 33.3 Å². The minimum absolute atomic E-state index is 0.369. The van der Waals surface area contributed by atoms with E-state index in [1.165, 1.54) is 0 Å². The van der Waals surface area contributed by atoms with Crippen molar-refractivity contribution in [3.05, 3.63) is 34.1 Å². The minimum atomic E-state index is 0.369. The van der Waals surface area contributed by atoms with E-state index in [1.807, 2.05) is 18.2 Å². The summed E-state index contributed by atoms with van der Waals surface area (Å²) < 4.78 is 11.5. The molecule has 0 saturated heterocycles. The molecule has 4 nitrogen and oxygen atoms in total. The first kappa shape index (κ1) is 11.5. The van der Waals surface area contributed by atoms with Gasteiger partial charge in [-0.2, -0.15) is 5.10 Å². The molecule has 0 amide bonds. The van der Waals surface area contributed by atoms with E-state index >= 15 is 0 Å². The van der Waals surface area contributed by atoms with Crippen LogP contribution in [0.5, 0.6) is 11.5 Å². The Morgan fingerprint density at radius 1 is 1.17 bits per heavy atom. The Labute approximate surface area is 114 Å². The molecule has 0 unspecified atom stereocenters. The van der Waals surface area contributed by atoms with Gasteiger partial charge in [-0.15, -0.1) is 0 Å². The van der Waals surface area contributed by atoms with Crippen molar-refractivity contribution in [3.63, 3.8) is 0 Å². The van der Waals surface area contributed by atoms with Gasteiger partial charge in [0.1, 0.15) is 23.0 Å². The van der Waals surface area contributed by atoms with Crippen LogP contribution in [0.4, 0.5) is 0 Å². The molecule has 1 aromatic carbocycles. The van der Waals surface area contributed by atoms with E-state index in [2.05, 4.69) is 10.2 Å². The van der Waals surface area contributed by atoms with E-state index in [0.717, 1.165) is 22.6 Å². The number of nitrogens with one attached hydrogen (secondary N) is 1. The number of H-pyrrole nitrogens is 1. The van der Waals surface area contributed by atoms with Crippen molar-refractivity contribution >= 4 is 23.8 Å². The summed E-state index contributed by atoms with van der Waals surface area (Å²) in [6.45, 7) is 1.13. The fraction of sp³-hybridized carbons (Fsp3) is 0.167. The summed E-state index contributed by atoms with van der Waals surface area (Å²) in [6.07, 6.45) is 0. The van der Waals surface area contributed by atoms with Crippen LogP contribution in [-0.2, 0) is 0 Å². The first-order valence-electron chi connectivity index (χ1n) is 5.39. The van der Waals surface area contributed by atoms with Crippen molar-refractivity contribution in [2.24, 2.45) is 0 Å². The molecule has 0 fully saturated rings. The van der Waals surface area contributed by atoms with Crippen molar-refractivity contribution < 1.29 is 9.47 Å². The summed E-state index contributed by atoms with van der Waals surface area (Å²) in [5.41, 5.74) is 1.74. The van der Waals surface area contributed by atoms with Gasteiger partial charge in [0.15, 0.2) is 11.5 Å². The van der Waals surface area contributed by atoms with Crippen molar-refractivity contribution in [2.75, 3.05) is 13.2 Å². The molecule has 0 spiro atoms. The molecule has 0 radical (unpaired) electrons. The lowest BCUT2D eigenvalue weighted by Crippen LogP contribution is -2.15. The molecule has 1 aliphatic heterocycles. The summed E-state index contributed by atoms with van der Waals surface area (Å²) in [6, 6.07) is 7.41. The zero-order chi connectivity index (χ0) is 12.5. The standard InChI is InChI=1S/C12H9ClN2O2S/c13-11-6-8(12(18)15-14-11)7-1-2-9-10(5-7)17-4-3-16-9/h1-2,5-6H,3-4H2,(H,15,18). The Morgan fingerprint density at radius 2 is 1.94 bits per heavy atom. The molecule has 1 aliphatic rings.